The molecule has 0 saturated heterocycles. The zero-order valence-corrected chi connectivity index (χ0v) is 20.9. The Morgan fingerprint density at radius 1 is 1.26 bits per heavy atom. The van der Waals surface area contributed by atoms with Gasteiger partial charge in [0.1, 0.15) is 0 Å². The number of hydrogen-bond donors (Lipinski definition) is 3. The Balaban J connectivity index is 0.00000364. The van der Waals surface area contributed by atoms with Gasteiger partial charge in [-0.2, -0.15) is 0 Å². The van der Waals surface area contributed by atoms with Crippen molar-refractivity contribution in [1.29, 1.82) is 0 Å². The number of guanidine groups is 1. The fraction of sp³-hybridized carbons (Fsp3) is 0.579. The molecule has 0 aliphatic heterocycles. The minimum Gasteiger partial charge on any atom is -0.356 e. The minimum atomic E-state index is 0. The number of nitrogens with one attached hydrogen (secondary N) is 3. The fourth-order valence-electron chi connectivity index (χ4n) is 2.36. The van der Waals surface area contributed by atoms with E-state index in [0.29, 0.717) is 12.5 Å². The van der Waals surface area contributed by atoms with Crippen LogP contribution in [0.2, 0.25) is 0 Å². The lowest BCUT2D eigenvalue weighted by Gasteiger charge is -2.25. The van der Waals surface area contributed by atoms with Crippen LogP contribution in [0.3, 0.4) is 0 Å². The monoisotopic (exact) mass is 568 g/mol. The second-order valence-corrected chi connectivity index (χ2v) is 9.81. The summed E-state index contributed by atoms with van der Waals surface area (Å²) in [6, 6.07) is 8.81. The number of carbonyl (C=O) groups excluding carboxylic acids is 1. The maximum atomic E-state index is 11.7. The fourth-order valence-corrected chi connectivity index (χ4v) is 3.68. The first-order chi connectivity index (χ1) is 12.4. The molecule has 0 aromatic heterocycles. The lowest BCUT2D eigenvalue weighted by atomic mass is 10.2. The van der Waals surface area contributed by atoms with E-state index in [1.165, 1.54) is 4.90 Å². The average Bonchev–Trinajstić information content (AvgIpc) is 3.40. The Morgan fingerprint density at radius 2 is 1.93 bits per heavy atom. The lowest BCUT2D eigenvalue weighted by Crippen LogP contribution is -2.43. The van der Waals surface area contributed by atoms with Crippen molar-refractivity contribution in [3.8, 4) is 0 Å². The SMILES string of the molecule is CN=C(NCCCC(=O)NC1CC1)NCC(C)(C)Sc1ccc(Br)cc1.I. The van der Waals surface area contributed by atoms with Gasteiger partial charge in [-0.25, -0.2) is 0 Å². The quantitative estimate of drug-likeness (QED) is 0.138. The molecule has 1 saturated carbocycles. The predicted molar refractivity (Wildman–Crippen MR) is 129 cm³/mol. The highest BCUT2D eigenvalue weighted by Gasteiger charge is 2.23. The second kappa shape index (κ2) is 12.2. The topological polar surface area (TPSA) is 65.5 Å². The number of amides is 1. The van der Waals surface area contributed by atoms with Crippen molar-refractivity contribution in [2.45, 2.75) is 55.2 Å². The third kappa shape index (κ3) is 10.6. The Morgan fingerprint density at radius 3 is 2.52 bits per heavy atom. The van der Waals surface area contributed by atoms with Crippen LogP contribution in [0.1, 0.15) is 39.5 Å². The van der Waals surface area contributed by atoms with Gasteiger partial charge >= 0.3 is 0 Å². The molecule has 1 aromatic rings. The van der Waals surface area contributed by atoms with E-state index in [-0.39, 0.29) is 34.6 Å². The molecule has 1 aliphatic rings. The van der Waals surface area contributed by atoms with E-state index in [9.17, 15) is 4.79 Å². The third-order valence-corrected chi connectivity index (χ3v) is 5.66. The van der Waals surface area contributed by atoms with Crippen LogP contribution < -0.4 is 16.0 Å². The molecular formula is C19H30BrIN4OS. The Hall–Kier alpha value is -0.480. The minimum absolute atomic E-state index is 0. The third-order valence-electron chi connectivity index (χ3n) is 3.93. The van der Waals surface area contributed by atoms with E-state index in [1.54, 1.807) is 7.05 Å². The molecule has 1 fully saturated rings. The molecule has 5 nitrogen and oxygen atoms in total. The van der Waals surface area contributed by atoms with E-state index in [2.05, 4.69) is 75.0 Å². The highest BCUT2D eigenvalue weighted by Crippen LogP contribution is 2.32. The summed E-state index contributed by atoms with van der Waals surface area (Å²) in [5, 5.41) is 9.67. The largest absolute Gasteiger partial charge is 0.356 e. The summed E-state index contributed by atoms with van der Waals surface area (Å²) in [5.41, 5.74) is 0. The average molecular weight is 569 g/mol. The van der Waals surface area contributed by atoms with Gasteiger partial charge in [0, 0.05) is 46.7 Å². The number of nitrogens with zero attached hydrogens (tertiary/aromatic N) is 1. The molecule has 1 aliphatic carbocycles. The van der Waals surface area contributed by atoms with Gasteiger partial charge < -0.3 is 16.0 Å². The number of hydrogen-bond acceptors (Lipinski definition) is 3. The van der Waals surface area contributed by atoms with Gasteiger partial charge in [0.05, 0.1) is 0 Å². The van der Waals surface area contributed by atoms with Crippen molar-refractivity contribution in [3.05, 3.63) is 28.7 Å². The van der Waals surface area contributed by atoms with Crippen LogP contribution in [0.5, 0.6) is 0 Å². The highest BCUT2D eigenvalue weighted by molar-refractivity contribution is 14.0. The first kappa shape index (κ1) is 24.6. The van der Waals surface area contributed by atoms with Crippen molar-refractivity contribution in [1.82, 2.24) is 16.0 Å². The molecular weight excluding hydrogens is 539 g/mol. The molecule has 1 aromatic carbocycles. The molecule has 152 valence electrons. The number of benzene rings is 1. The maximum Gasteiger partial charge on any atom is 0.220 e. The van der Waals surface area contributed by atoms with Gasteiger partial charge in [0.2, 0.25) is 5.91 Å². The molecule has 0 radical (unpaired) electrons. The van der Waals surface area contributed by atoms with Gasteiger partial charge in [0.15, 0.2) is 5.96 Å². The Bertz CT molecular complexity index is 621. The van der Waals surface area contributed by atoms with Gasteiger partial charge in [-0.05, 0) is 57.4 Å². The van der Waals surface area contributed by atoms with E-state index in [0.717, 1.165) is 42.8 Å². The number of aliphatic imine (C=N–C) groups is 1. The van der Waals surface area contributed by atoms with Crippen LogP contribution in [-0.4, -0.2) is 42.8 Å². The first-order valence-electron chi connectivity index (χ1n) is 9.06. The number of halogens is 2. The predicted octanol–water partition coefficient (Wildman–Crippen LogP) is 4.16. The molecule has 27 heavy (non-hydrogen) atoms. The number of rotatable bonds is 9. The van der Waals surface area contributed by atoms with Crippen LogP contribution in [0.15, 0.2) is 38.6 Å². The standard InChI is InChI=1S/C19H29BrN4OS.HI/c1-19(2,26-16-10-6-14(20)7-11-16)13-23-18(21-3)22-12-4-5-17(25)24-15-8-9-15;/h6-7,10-11,15H,4-5,8-9,12-13H2,1-3H3,(H,24,25)(H2,21,22,23);1H. The van der Waals surface area contributed by atoms with Crippen molar-refractivity contribution in [3.63, 3.8) is 0 Å². The summed E-state index contributed by atoms with van der Waals surface area (Å²) < 4.78 is 1.11. The molecule has 0 heterocycles. The highest BCUT2D eigenvalue weighted by atomic mass is 127. The van der Waals surface area contributed by atoms with Gasteiger partial charge in [0.25, 0.3) is 0 Å². The van der Waals surface area contributed by atoms with E-state index >= 15 is 0 Å². The van der Waals surface area contributed by atoms with E-state index in [1.807, 2.05) is 11.8 Å². The normalized spacial score (nSPS) is 14.3. The molecule has 1 amide bonds. The van der Waals surface area contributed by atoms with Gasteiger partial charge in [-0.3, -0.25) is 9.79 Å². The number of carbonyl (C=O) groups is 1. The van der Waals surface area contributed by atoms with Gasteiger partial charge in [-0.15, -0.1) is 35.7 Å². The summed E-state index contributed by atoms with van der Waals surface area (Å²) in [7, 11) is 1.77. The second-order valence-electron chi connectivity index (χ2n) is 7.11. The van der Waals surface area contributed by atoms with Crippen molar-refractivity contribution in [2.75, 3.05) is 20.1 Å². The van der Waals surface area contributed by atoms with Crippen LogP contribution in [0, 0.1) is 0 Å². The van der Waals surface area contributed by atoms with Crippen LogP contribution >= 0.6 is 51.7 Å². The molecule has 3 N–H and O–H groups in total. The van der Waals surface area contributed by atoms with E-state index in [4.69, 9.17) is 0 Å². The first-order valence-corrected chi connectivity index (χ1v) is 10.7. The summed E-state index contributed by atoms with van der Waals surface area (Å²) in [6.45, 7) is 5.94. The van der Waals surface area contributed by atoms with Crippen LogP contribution in [-0.2, 0) is 4.79 Å². The molecule has 0 bridgehead atoms. The van der Waals surface area contributed by atoms with Crippen LogP contribution in [0.4, 0.5) is 0 Å². The van der Waals surface area contributed by atoms with Crippen molar-refractivity contribution in [2.24, 2.45) is 4.99 Å². The molecule has 0 unspecified atom stereocenters. The number of thioether (sulfide) groups is 1. The smallest absolute Gasteiger partial charge is 0.220 e. The molecule has 0 atom stereocenters. The summed E-state index contributed by atoms with van der Waals surface area (Å²) in [4.78, 5) is 17.2. The molecule has 2 rings (SSSR count). The van der Waals surface area contributed by atoms with Crippen LogP contribution in [0.25, 0.3) is 0 Å². The summed E-state index contributed by atoms with van der Waals surface area (Å²) in [6.07, 6.45) is 3.63. The molecule has 0 spiro atoms. The van der Waals surface area contributed by atoms with Crippen molar-refractivity contribution < 1.29 is 4.79 Å². The zero-order valence-electron chi connectivity index (χ0n) is 16.2. The van der Waals surface area contributed by atoms with Gasteiger partial charge in [-0.1, -0.05) is 15.9 Å². The van der Waals surface area contributed by atoms with Crippen molar-refractivity contribution >= 4 is 63.5 Å². The van der Waals surface area contributed by atoms with E-state index < -0.39 is 0 Å². The lowest BCUT2D eigenvalue weighted by molar-refractivity contribution is -0.121. The zero-order chi connectivity index (χ0) is 19.0. The Kier molecular flexibility index (Phi) is 11.1. The summed E-state index contributed by atoms with van der Waals surface area (Å²) in [5.74, 6) is 0.932. The summed E-state index contributed by atoms with van der Waals surface area (Å²) >= 11 is 5.30. The Labute approximate surface area is 192 Å². The molecule has 8 heteroatoms. The maximum absolute atomic E-state index is 11.7.